The number of amides is 1. The van der Waals surface area contributed by atoms with Crippen molar-refractivity contribution in [2.45, 2.75) is 156 Å². The molecule has 0 aliphatic carbocycles. The quantitative estimate of drug-likeness (QED) is 0.183. The molecule has 0 radical (unpaired) electrons. The van der Waals surface area contributed by atoms with E-state index < -0.39 is 0 Å². The van der Waals surface area contributed by atoms with Crippen LogP contribution in [0.2, 0.25) is 0 Å². The molecule has 0 fully saturated rings. The largest absolute Gasteiger partial charge is 0.369 e. The predicted molar refractivity (Wildman–Crippen MR) is 126 cm³/mol. The molecule has 2 N–H and O–H groups in total. The van der Waals surface area contributed by atoms with Crippen molar-refractivity contribution >= 4 is 5.91 Å². The van der Waals surface area contributed by atoms with E-state index >= 15 is 0 Å². The second-order valence-corrected chi connectivity index (χ2v) is 9.15. The van der Waals surface area contributed by atoms with E-state index in [1.807, 2.05) is 0 Å². The lowest BCUT2D eigenvalue weighted by Crippen LogP contribution is -2.36. The first-order valence-corrected chi connectivity index (χ1v) is 12.9. The SMILES string of the molecule is CCCCCCCCCCCCC(CC)(CCCCCCCCCC)C(N)=O. The Labute approximate surface area is 177 Å². The van der Waals surface area contributed by atoms with Gasteiger partial charge in [0, 0.05) is 5.41 Å². The van der Waals surface area contributed by atoms with E-state index in [4.69, 9.17) is 5.73 Å². The molecule has 0 aromatic carbocycles. The first-order chi connectivity index (χ1) is 13.6. The van der Waals surface area contributed by atoms with Crippen LogP contribution in [0, 0.1) is 5.41 Å². The third kappa shape index (κ3) is 14.5. The Morgan fingerprint density at radius 2 is 0.821 bits per heavy atom. The number of carbonyl (C=O) groups excluding carboxylic acids is 1. The molecule has 0 bridgehead atoms. The van der Waals surface area contributed by atoms with Gasteiger partial charge in [-0.2, -0.15) is 0 Å². The van der Waals surface area contributed by atoms with Crippen molar-refractivity contribution < 1.29 is 4.79 Å². The minimum Gasteiger partial charge on any atom is -0.369 e. The predicted octanol–water partition coefficient (Wildman–Crippen LogP) is 8.71. The summed E-state index contributed by atoms with van der Waals surface area (Å²) in [6.07, 6.45) is 26.9. The number of hydrogen-bond donors (Lipinski definition) is 1. The molecule has 0 spiro atoms. The van der Waals surface area contributed by atoms with Gasteiger partial charge < -0.3 is 5.73 Å². The van der Waals surface area contributed by atoms with Gasteiger partial charge in [0.2, 0.25) is 5.91 Å². The summed E-state index contributed by atoms with van der Waals surface area (Å²) in [4.78, 5) is 12.2. The molecule has 0 aliphatic heterocycles. The Morgan fingerprint density at radius 1 is 0.536 bits per heavy atom. The highest BCUT2D eigenvalue weighted by molar-refractivity contribution is 5.80. The molecule has 28 heavy (non-hydrogen) atoms. The van der Waals surface area contributed by atoms with Crippen LogP contribution in [0.5, 0.6) is 0 Å². The van der Waals surface area contributed by atoms with E-state index in [1.165, 1.54) is 116 Å². The van der Waals surface area contributed by atoms with Crippen LogP contribution in [-0.2, 0) is 4.79 Å². The average molecular weight is 396 g/mol. The molecule has 2 heteroatoms. The normalized spacial score (nSPS) is 13.5. The number of unbranched alkanes of at least 4 members (excludes halogenated alkanes) is 16. The van der Waals surface area contributed by atoms with Crippen molar-refractivity contribution in [2.75, 3.05) is 0 Å². The first kappa shape index (κ1) is 27.5. The maximum atomic E-state index is 12.2. The number of primary amides is 1. The monoisotopic (exact) mass is 395 g/mol. The van der Waals surface area contributed by atoms with Gasteiger partial charge in [0.15, 0.2) is 0 Å². The summed E-state index contributed by atoms with van der Waals surface area (Å²) in [6.45, 7) is 6.70. The summed E-state index contributed by atoms with van der Waals surface area (Å²) >= 11 is 0. The van der Waals surface area contributed by atoms with Crippen molar-refractivity contribution in [1.82, 2.24) is 0 Å². The Balaban J connectivity index is 3.86. The minimum absolute atomic E-state index is 0.0473. The van der Waals surface area contributed by atoms with Crippen molar-refractivity contribution in [3.63, 3.8) is 0 Å². The van der Waals surface area contributed by atoms with Crippen LogP contribution in [0.3, 0.4) is 0 Å². The summed E-state index contributed by atoms with van der Waals surface area (Å²) in [5.74, 6) is -0.0473. The molecule has 168 valence electrons. The molecule has 0 saturated heterocycles. The third-order valence-corrected chi connectivity index (χ3v) is 6.72. The molecule has 0 aromatic heterocycles. The zero-order valence-corrected chi connectivity index (χ0v) is 19.8. The van der Waals surface area contributed by atoms with Crippen molar-refractivity contribution in [3.05, 3.63) is 0 Å². The van der Waals surface area contributed by atoms with Crippen molar-refractivity contribution in [3.8, 4) is 0 Å². The van der Waals surface area contributed by atoms with Gasteiger partial charge in [-0.25, -0.2) is 0 Å². The van der Waals surface area contributed by atoms with E-state index in [9.17, 15) is 4.79 Å². The molecule has 0 aliphatic rings. The smallest absolute Gasteiger partial charge is 0.223 e. The van der Waals surface area contributed by atoms with Gasteiger partial charge in [-0.3, -0.25) is 4.79 Å². The lowest BCUT2D eigenvalue weighted by atomic mass is 9.75. The number of carbonyl (C=O) groups is 1. The van der Waals surface area contributed by atoms with E-state index in [0.717, 1.165) is 19.3 Å². The van der Waals surface area contributed by atoms with Gasteiger partial charge in [0.1, 0.15) is 0 Å². The van der Waals surface area contributed by atoms with Crippen molar-refractivity contribution in [1.29, 1.82) is 0 Å². The average Bonchev–Trinajstić information content (AvgIpc) is 2.69. The second-order valence-electron chi connectivity index (χ2n) is 9.15. The van der Waals surface area contributed by atoms with Crippen LogP contribution in [0.25, 0.3) is 0 Å². The highest BCUT2D eigenvalue weighted by Crippen LogP contribution is 2.35. The van der Waals surface area contributed by atoms with Crippen LogP contribution < -0.4 is 5.73 Å². The first-order valence-electron chi connectivity index (χ1n) is 12.9. The second kappa shape index (κ2) is 19.8. The van der Waals surface area contributed by atoms with Crippen LogP contribution in [0.4, 0.5) is 0 Å². The van der Waals surface area contributed by atoms with Crippen molar-refractivity contribution in [2.24, 2.45) is 11.1 Å². The number of rotatable bonds is 22. The van der Waals surface area contributed by atoms with Gasteiger partial charge in [0.25, 0.3) is 0 Å². The Hall–Kier alpha value is -0.530. The maximum absolute atomic E-state index is 12.2. The standard InChI is InChI=1S/C26H53NO/c1-4-7-9-11-13-15-16-18-20-22-24-26(6-3,25(27)28)23-21-19-17-14-12-10-8-5-2/h4-24H2,1-3H3,(H2,27,28). The lowest BCUT2D eigenvalue weighted by Gasteiger charge is -2.29. The molecule has 0 saturated carbocycles. The highest BCUT2D eigenvalue weighted by Gasteiger charge is 2.33. The summed E-state index contributed by atoms with van der Waals surface area (Å²) in [7, 11) is 0. The van der Waals surface area contributed by atoms with E-state index in [1.54, 1.807) is 0 Å². The molecule has 1 atom stereocenters. The van der Waals surface area contributed by atoms with E-state index in [-0.39, 0.29) is 11.3 Å². The van der Waals surface area contributed by atoms with Gasteiger partial charge in [-0.15, -0.1) is 0 Å². The molecular formula is C26H53NO. The summed E-state index contributed by atoms with van der Waals surface area (Å²) in [5, 5.41) is 0. The molecule has 2 nitrogen and oxygen atoms in total. The fourth-order valence-electron chi connectivity index (χ4n) is 4.45. The molecule has 0 aromatic rings. The molecule has 1 unspecified atom stereocenters. The van der Waals surface area contributed by atoms with Crippen LogP contribution >= 0.6 is 0 Å². The van der Waals surface area contributed by atoms with Gasteiger partial charge in [0.05, 0.1) is 0 Å². The summed E-state index contributed by atoms with van der Waals surface area (Å²) in [5.41, 5.74) is 5.63. The van der Waals surface area contributed by atoms with E-state index in [2.05, 4.69) is 20.8 Å². The topological polar surface area (TPSA) is 43.1 Å². The van der Waals surface area contributed by atoms with Gasteiger partial charge >= 0.3 is 0 Å². The number of nitrogens with two attached hydrogens (primary N) is 1. The fourth-order valence-corrected chi connectivity index (χ4v) is 4.45. The summed E-state index contributed by atoms with van der Waals surface area (Å²) < 4.78 is 0. The number of hydrogen-bond acceptors (Lipinski definition) is 1. The molecule has 0 heterocycles. The zero-order valence-electron chi connectivity index (χ0n) is 19.8. The lowest BCUT2D eigenvalue weighted by molar-refractivity contribution is -0.129. The molecule has 0 rings (SSSR count). The Bertz CT molecular complexity index is 341. The van der Waals surface area contributed by atoms with Crippen LogP contribution in [0.15, 0.2) is 0 Å². The van der Waals surface area contributed by atoms with Crippen LogP contribution in [0.1, 0.15) is 156 Å². The van der Waals surface area contributed by atoms with Crippen LogP contribution in [-0.4, -0.2) is 5.91 Å². The Morgan fingerprint density at radius 3 is 1.07 bits per heavy atom. The third-order valence-electron chi connectivity index (χ3n) is 6.72. The van der Waals surface area contributed by atoms with Gasteiger partial charge in [-0.1, -0.05) is 136 Å². The zero-order chi connectivity index (χ0) is 20.9. The molecular weight excluding hydrogens is 342 g/mol. The fraction of sp³-hybridized carbons (Fsp3) is 0.962. The highest BCUT2D eigenvalue weighted by atomic mass is 16.1. The molecule has 1 amide bonds. The Kier molecular flexibility index (Phi) is 19.4. The van der Waals surface area contributed by atoms with E-state index in [0.29, 0.717) is 0 Å². The van der Waals surface area contributed by atoms with Gasteiger partial charge in [-0.05, 0) is 19.3 Å². The summed E-state index contributed by atoms with van der Waals surface area (Å²) in [6, 6.07) is 0. The maximum Gasteiger partial charge on any atom is 0.223 e. The minimum atomic E-state index is -0.234.